The minimum Gasteiger partial charge on any atom is -0.481 e. The van der Waals surface area contributed by atoms with Crippen LogP contribution in [-0.2, 0) is 14.6 Å². The fourth-order valence-electron chi connectivity index (χ4n) is 3.61. The van der Waals surface area contributed by atoms with Crippen molar-refractivity contribution in [2.75, 3.05) is 0 Å². The van der Waals surface area contributed by atoms with Gasteiger partial charge in [-0.15, -0.1) is 0 Å². The highest BCUT2D eigenvalue weighted by Gasteiger charge is 2.41. The summed E-state index contributed by atoms with van der Waals surface area (Å²) >= 11 is 0. The SMILES string of the molecule is CC/C=C/C(CC)C/C(C)=C/[C@]1(CC)C[C@@H](CC)[C@H](CC(=O)O)OO1. The predicted molar refractivity (Wildman–Crippen MR) is 101 cm³/mol. The van der Waals surface area contributed by atoms with Crippen molar-refractivity contribution >= 4 is 5.97 Å². The maximum Gasteiger partial charge on any atom is 0.306 e. The Morgan fingerprint density at radius 2 is 2.04 bits per heavy atom. The molecule has 0 saturated carbocycles. The summed E-state index contributed by atoms with van der Waals surface area (Å²) in [7, 11) is 0. The first-order valence-corrected chi connectivity index (χ1v) is 9.80. The number of carboxylic acids is 1. The Labute approximate surface area is 153 Å². The van der Waals surface area contributed by atoms with E-state index in [0.29, 0.717) is 5.92 Å². The summed E-state index contributed by atoms with van der Waals surface area (Å²) < 4.78 is 0. The van der Waals surface area contributed by atoms with Crippen LogP contribution in [0.5, 0.6) is 0 Å². The number of allylic oxidation sites excluding steroid dienone is 3. The van der Waals surface area contributed by atoms with Crippen molar-refractivity contribution in [3.05, 3.63) is 23.8 Å². The molecule has 0 radical (unpaired) electrons. The maximum absolute atomic E-state index is 11.0. The second kappa shape index (κ2) is 10.8. The second-order valence-corrected chi connectivity index (χ2v) is 7.31. The van der Waals surface area contributed by atoms with Gasteiger partial charge in [0, 0.05) is 0 Å². The summed E-state index contributed by atoms with van der Waals surface area (Å²) in [6.45, 7) is 10.7. The van der Waals surface area contributed by atoms with Gasteiger partial charge in [0.2, 0.25) is 0 Å². The third-order valence-corrected chi connectivity index (χ3v) is 5.23. The molecule has 1 rings (SSSR count). The van der Waals surface area contributed by atoms with Crippen molar-refractivity contribution < 1.29 is 19.7 Å². The summed E-state index contributed by atoms with van der Waals surface area (Å²) in [5, 5.41) is 9.05. The highest BCUT2D eigenvalue weighted by molar-refractivity contribution is 5.67. The third kappa shape index (κ3) is 6.95. The van der Waals surface area contributed by atoms with E-state index in [2.05, 4.69) is 52.8 Å². The first kappa shape index (κ1) is 21.9. The minimum atomic E-state index is -0.837. The molecule has 0 spiro atoms. The van der Waals surface area contributed by atoms with E-state index >= 15 is 0 Å². The molecule has 1 fully saturated rings. The maximum atomic E-state index is 11.0. The lowest BCUT2D eigenvalue weighted by molar-refractivity contribution is -0.409. The number of hydrogen-bond acceptors (Lipinski definition) is 3. The molecule has 0 amide bonds. The van der Waals surface area contributed by atoms with E-state index in [9.17, 15) is 4.79 Å². The minimum absolute atomic E-state index is 0.000713. The van der Waals surface area contributed by atoms with Crippen LogP contribution in [0.2, 0.25) is 0 Å². The van der Waals surface area contributed by atoms with Crippen LogP contribution in [0.1, 0.15) is 79.6 Å². The van der Waals surface area contributed by atoms with Crippen molar-refractivity contribution in [1.82, 2.24) is 0 Å². The monoisotopic (exact) mass is 352 g/mol. The molecule has 1 unspecified atom stereocenters. The molecule has 0 aromatic heterocycles. The molecule has 4 heteroatoms. The lowest BCUT2D eigenvalue weighted by Gasteiger charge is -2.41. The van der Waals surface area contributed by atoms with E-state index in [1.807, 2.05) is 0 Å². The smallest absolute Gasteiger partial charge is 0.306 e. The largest absolute Gasteiger partial charge is 0.481 e. The quantitative estimate of drug-likeness (QED) is 0.405. The van der Waals surface area contributed by atoms with Gasteiger partial charge in [0.1, 0.15) is 11.7 Å². The van der Waals surface area contributed by atoms with Crippen molar-refractivity contribution in [1.29, 1.82) is 0 Å². The topological polar surface area (TPSA) is 55.8 Å². The van der Waals surface area contributed by atoms with Gasteiger partial charge in [-0.3, -0.25) is 4.79 Å². The zero-order chi connectivity index (χ0) is 18.9. The Balaban J connectivity index is 2.84. The standard InChI is InChI=1S/C21H36O4/c1-6-10-11-17(7-2)12-16(5)14-21(9-4)15-18(8-3)19(24-25-21)13-20(22)23/h10-11,14,17-19H,6-9,12-13,15H2,1-5H3,(H,22,23)/b11-10+,16-14+/t17?,18-,19+,21-/m1/s1. The van der Waals surface area contributed by atoms with Gasteiger partial charge in [-0.2, -0.15) is 0 Å². The molecule has 1 aliphatic rings. The van der Waals surface area contributed by atoms with Crippen molar-refractivity contribution in [2.24, 2.45) is 11.8 Å². The van der Waals surface area contributed by atoms with Gasteiger partial charge < -0.3 is 5.11 Å². The van der Waals surface area contributed by atoms with Gasteiger partial charge in [0.25, 0.3) is 0 Å². The summed E-state index contributed by atoms with van der Waals surface area (Å²) in [5.74, 6) is -0.0802. The zero-order valence-electron chi connectivity index (χ0n) is 16.6. The van der Waals surface area contributed by atoms with Gasteiger partial charge in [-0.25, -0.2) is 9.78 Å². The average molecular weight is 353 g/mol. The van der Waals surface area contributed by atoms with Crippen molar-refractivity contribution in [3.63, 3.8) is 0 Å². The van der Waals surface area contributed by atoms with Crippen LogP contribution < -0.4 is 0 Å². The molecule has 0 bridgehead atoms. The molecular weight excluding hydrogens is 316 g/mol. The van der Waals surface area contributed by atoms with Crippen LogP contribution in [-0.4, -0.2) is 22.8 Å². The summed E-state index contributed by atoms with van der Waals surface area (Å²) in [5.41, 5.74) is 0.872. The Hall–Kier alpha value is -1.13. The van der Waals surface area contributed by atoms with Crippen LogP contribution in [0.3, 0.4) is 0 Å². The predicted octanol–water partition coefficient (Wildman–Crippen LogP) is 5.69. The summed E-state index contributed by atoms with van der Waals surface area (Å²) in [6, 6.07) is 0. The molecule has 0 aliphatic carbocycles. The van der Waals surface area contributed by atoms with E-state index in [4.69, 9.17) is 14.9 Å². The number of carboxylic acid groups (broad SMARTS) is 1. The molecule has 1 heterocycles. The van der Waals surface area contributed by atoms with Crippen LogP contribution in [0, 0.1) is 11.8 Å². The lowest BCUT2D eigenvalue weighted by atomic mass is 9.80. The van der Waals surface area contributed by atoms with Gasteiger partial charge >= 0.3 is 5.97 Å². The molecule has 1 N–H and O–H groups in total. The second-order valence-electron chi connectivity index (χ2n) is 7.31. The molecular formula is C21H36O4. The molecule has 144 valence electrons. The fourth-order valence-corrected chi connectivity index (χ4v) is 3.61. The first-order chi connectivity index (χ1) is 11.9. The Bertz CT molecular complexity index is 469. The van der Waals surface area contributed by atoms with Gasteiger partial charge in [0.05, 0.1) is 6.42 Å². The van der Waals surface area contributed by atoms with Crippen molar-refractivity contribution in [3.8, 4) is 0 Å². The average Bonchev–Trinajstić information content (AvgIpc) is 2.59. The van der Waals surface area contributed by atoms with E-state index < -0.39 is 11.6 Å². The number of rotatable bonds is 10. The molecule has 1 aliphatic heterocycles. The zero-order valence-corrected chi connectivity index (χ0v) is 16.6. The molecule has 4 nitrogen and oxygen atoms in total. The molecule has 4 atom stereocenters. The van der Waals surface area contributed by atoms with Crippen LogP contribution in [0.15, 0.2) is 23.8 Å². The van der Waals surface area contributed by atoms with Crippen molar-refractivity contribution in [2.45, 2.75) is 91.3 Å². The Morgan fingerprint density at radius 3 is 2.56 bits per heavy atom. The normalized spacial score (nSPS) is 29.1. The lowest BCUT2D eigenvalue weighted by Crippen LogP contribution is -2.44. The van der Waals surface area contributed by atoms with E-state index in [0.717, 1.165) is 38.5 Å². The Kier molecular flexibility index (Phi) is 9.44. The van der Waals surface area contributed by atoms with E-state index in [1.165, 1.54) is 5.57 Å². The molecule has 0 aromatic rings. The van der Waals surface area contributed by atoms with Gasteiger partial charge in [-0.05, 0) is 50.9 Å². The van der Waals surface area contributed by atoms with Crippen LogP contribution in [0.4, 0.5) is 0 Å². The number of aliphatic carboxylic acids is 1. The summed E-state index contributed by atoms with van der Waals surface area (Å²) in [4.78, 5) is 22.4. The fraction of sp³-hybridized carbons (Fsp3) is 0.762. The van der Waals surface area contributed by atoms with E-state index in [-0.39, 0.29) is 18.4 Å². The number of carbonyl (C=O) groups is 1. The highest BCUT2D eigenvalue weighted by Crippen LogP contribution is 2.39. The molecule has 25 heavy (non-hydrogen) atoms. The molecule has 0 aromatic carbocycles. The Morgan fingerprint density at radius 1 is 1.32 bits per heavy atom. The molecule has 1 saturated heterocycles. The van der Waals surface area contributed by atoms with Gasteiger partial charge in [-0.1, -0.05) is 57.9 Å². The first-order valence-electron chi connectivity index (χ1n) is 9.80. The van der Waals surface area contributed by atoms with E-state index in [1.54, 1.807) is 0 Å². The van der Waals surface area contributed by atoms with Crippen LogP contribution in [0.25, 0.3) is 0 Å². The third-order valence-electron chi connectivity index (χ3n) is 5.23. The van der Waals surface area contributed by atoms with Crippen LogP contribution >= 0.6 is 0 Å². The highest BCUT2D eigenvalue weighted by atomic mass is 17.2. The number of hydrogen-bond donors (Lipinski definition) is 1. The summed E-state index contributed by atoms with van der Waals surface area (Å²) in [6.07, 6.45) is 12.2. The van der Waals surface area contributed by atoms with Gasteiger partial charge in [0.15, 0.2) is 0 Å².